The molecule has 0 spiro atoms. The Morgan fingerprint density at radius 2 is 2.08 bits per heavy atom. The molecule has 4 aliphatic rings. The van der Waals surface area contributed by atoms with E-state index in [9.17, 15) is 23.1 Å². The predicted octanol–water partition coefficient (Wildman–Crippen LogP) is 3.53. The number of dihydropyridines is 1. The Bertz CT molecular complexity index is 1180. The molecule has 2 aliphatic heterocycles. The second-order valence-electron chi connectivity index (χ2n) is 9.98. The first-order chi connectivity index (χ1) is 17.6. The fourth-order valence-electron chi connectivity index (χ4n) is 5.42. The standard InChI is InChI=1S/C26H28F3N5O2S/c1-30-23-14-21(19-11-16(26(27,28)29)4-5-20(19)33-23)31-15-24(35)32-17-12-18(13-17)34-8-6-25(36,7-9-34)22-3-2-10-37-22/h2-5,10-11,14,17-20,31,36H,6-9,12-13,15H2,(H,32,35). The van der Waals surface area contributed by atoms with Crippen LogP contribution in [-0.2, 0) is 10.4 Å². The number of rotatable bonds is 6. The van der Waals surface area contributed by atoms with Crippen molar-refractivity contribution in [2.45, 2.75) is 55.6 Å². The first kappa shape index (κ1) is 25.7. The number of amidine groups is 1. The average molecular weight is 532 g/mol. The van der Waals surface area contributed by atoms with E-state index in [1.54, 1.807) is 11.3 Å². The summed E-state index contributed by atoms with van der Waals surface area (Å²) in [5.41, 5.74) is -1.13. The van der Waals surface area contributed by atoms with Crippen LogP contribution in [-0.4, -0.2) is 65.7 Å². The molecule has 3 N–H and O–H groups in total. The van der Waals surface area contributed by atoms with Crippen LogP contribution < -0.4 is 10.6 Å². The summed E-state index contributed by atoms with van der Waals surface area (Å²) in [7, 11) is 0. The summed E-state index contributed by atoms with van der Waals surface area (Å²) in [6.45, 7) is 8.76. The molecular formula is C26H28F3N5O2S. The van der Waals surface area contributed by atoms with E-state index < -0.39 is 29.3 Å². The Kier molecular flexibility index (Phi) is 7.00. The number of carbonyl (C=O) groups is 1. The van der Waals surface area contributed by atoms with E-state index in [-0.39, 0.29) is 24.3 Å². The van der Waals surface area contributed by atoms with Crippen LogP contribution in [0.5, 0.6) is 0 Å². The monoisotopic (exact) mass is 531 g/mol. The van der Waals surface area contributed by atoms with Crippen LogP contribution in [0.2, 0.25) is 0 Å². The van der Waals surface area contributed by atoms with Gasteiger partial charge in [0.1, 0.15) is 5.60 Å². The Balaban J connectivity index is 1.10. The number of hydrogen-bond acceptors (Lipinski definition) is 6. The highest BCUT2D eigenvalue weighted by atomic mass is 32.1. The van der Waals surface area contributed by atoms with Crippen molar-refractivity contribution < 1.29 is 23.1 Å². The molecule has 1 saturated carbocycles. The normalized spacial score (nSPS) is 29.1. The van der Waals surface area contributed by atoms with E-state index in [0.29, 0.717) is 24.6 Å². The number of nitrogens with one attached hydrogen (secondary N) is 2. The van der Waals surface area contributed by atoms with Crippen LogP contribution in [0.1, 0.15) is 30.6 Å². The minimum atomic E-state index is -4.48. The third-order valence-electron chi connectivity index (χ3n) is 7.62. The SMILES string of the molecule is [C-]#[N+]C1=NC2C=CC(C(F)(F)F)=CC2C(NCC(=O)NC2CC(N3CCC(O)(c4cccs4)CC3)C2)=C1. The van der Waals surface area contributed by atoms with E-state index >= 15 is 0 Å². The largest absolute Gasteiger partial charge is 0.416 e. The van der Waals surface area contributed by atoms with Crippen LogP contribution in [0.4, 0.5) is 13.2 Å². The summed E-state index contributed by atoms with van der Waals surface area (Å²) in [5.74, 6) is -0.864. The van der Waals surface area contributed by atoms with Gasteiger partial charge in [0.25, 0.3) is 5.84 Å². The van der Waals surface area contributed by atoms with Gasteiger partial charge in [-0.1, -0.05) is 24.8 Å². The highest BCUT2D eigenvalue weighted by Gasteiger charge is 2.41. The molecule has 7 nitrogen and oxygen atoms in total. The van der Waals surface area contributed by atoms with Crippen LogP contribution in [0.3, 0.4) is 0 Å². The number of fused-ring (bicyclic) bond motifs is 1. The van der Waals surface area contributed by atoms with Crippen molar-refractivity contribution in [3.8, 4) is 0 Å². The van der Waals surface area contributed by atoms with Gasteiger partial charge in [0, 0.05) is 35.7 Å². The number of nitrogens with zero attached hydrogens (tertiary/aromatic N) is 3. The van der Waals surface area contributed by atoms with Crippen molar-refractivity contribution in [3.63, 3.8) is 0 Å². The van der Waals surface area contributed by atoms with Crippen molar-refractivity contribution >= 4 is 23.1 Å². The third kappa shape index (κ3) is 5.51. The fraction of sp³-hybridized carbons (Fsp3) is 0.500. The van der Waals surface area contributed by atoms with Gasteiger partial charge in [-0.3, -0.25) is 9.69 Å². The lowest BCUT2D eigenvalue weighted by atomic mass is 9.82. The van der Waals surface area contributed by atoms with Gasteiger partial charge in [0.15, 0.2) is 6.04 Å². The molecule has 1 amide bonds. The third-order valence-corrected chi connectivity index (χ3v) is 8.68. The summed E-state index contributed by atoms with van der Waals surface area (Å²) in [6, 6.07) is 3.74. The minimum Gasteiger partial charge on any atom is -0.384 e. The van der Waals surface area contributed by atoms with Gasteiger partial charge in [0.05, 0.1) is 18.0 Å². The number of hydrogen-bond donors (Lipinski definition) is 3. The van der Waals surface area contributed by atoms with Gasteiger partial charge in [-0.2, -0.15) is 18.2 Å². The predicted molar refractivity (Wildman–Crippen MR) is 135 cm³/mol. The van der Waals surface area contributed by atoms with Crippen molar-refractivity contribution in [1.29, 1.82) is 0 Å². The molecule has 1 aromatic heterocycles. The quantitative estimate of drug-likeness (QED) is 0.491. The average Bonchev–Trinajstić information content (AvgIpc) is 3.40. The van der Waals surface area contributed by atoms with Gasteiger partial charge in [0.2, 0.25) is 5.91 Å². The topological polar surface area (TPSA) is 81.3 Å². The van der Waals surface area contributed by atoms with Gasteiger partial charge in [-0.15, -0.1) is 11.3 Å². The molecule has 196 valence electrons. The second-order valence-corrected chi connectivity index (χ2v) is 10.9. The molecule has 0 radical (unpaired) electrons. The van der Waals surface area contributed by atoms with Crippen molar-refractivity contribution in [1.82, 2.24) is 15.5 Å². The fourth-order valence-corrected chi connectivity index (χ4v) is 6.31. The van der Waals surface area contributed by atoms with Crippen molar-refractivity contribution in [2.24, 2.45) is 10.9 Å². The minimum absolute atomic E-state index is 0.0418. The Morgan fingerprint density at radius 1 is 1.32 bits per heavy atom. The van der Waals surface area contributed by atoms with Gasteiger partial charge in [-0.25, -0.2) is 0 Å². The summed E-state index contributed by atoms with van der Waals surface area (Å²) in [6.07, 6.45) is 3.41. The number of aliphatic imine (C=N–C) groups is 1. The van der Waals surface area contributed by atoms with E-state index in [2.05, 4.69) is 25.4 Å². The lowest BCUT2D eigenvalue weighted by Crippen LogP contribution is -2.57. The maximum absolute atomic E-state index is 13.2. The molecule has 2 unspecified atom stereocenters. The van der Waals surface area contributed by atoms with Crippen molar-refractivity contribution in [2.75, 3.05) is 19.6 Å². The smallest absolute Gasteiger partial charge is 0.384 e. The molecule has 2 aliphatic carbocycles. The zero-order valence-electron chi connectivity index (χ0n) is 20.0. The van der Waals surface area contributed by atoms with Crippen LogP contribution >= 0.6 is 11.3 Å². The lowest BCUT2D eigenvalue weighted by molar-refractivity contribution is -0.122. The van der Waals surface area contributed by atoms with E-state index in [1.165, 1.54) is 12.2 Å². The van der Waals surface area contributed by atoms with E-state index in [0.717, 1.165) is 43.0 Å². The Labute approximate surface area is 217 Å². The number of thiophene rings is 1. The Hall–Kier alpha value is -2.94. The number of aliphatic hydroxyl groups is 1. The molecular weight excluding hydrogens is 503 g/mol. The molecule has 1 aromatic rings. The molecule has 37 heavy (non-hydrogen) atoms. The maximum atomic E-state index is 13.2. The molecule has 3 heterocycles. The molecule has 2 fully saturated rings. The van der Waals surface area contributed by atoms with Crippen LogP contribution in [0.15, 0.2) is 58.1 Å². The Morgan fingerprint density at radius 3 is 2.73 bits per heavy atom. The maximum Gasteiger partial charge on any atom is 0.416 e. The number of halogens is 3. The highest BCUT2D eigenvalue weighted by Crippen LogP contribution is 2.38. The number of alkyl halides is 3. The van der Waals surface area contributed by atoms with E-state index in [4.69, 9.17) is 6.57 Å². The zero-order chi connectivity index (χ0) is 26.2. The summed E-state index contributed by atoms with van der Waals surface area (Å²) < 4.78 is 39.7. The lowest BCUT2D eigenvalue weighted by Gasteiger charge is -2.47. The number of piperidine rings is 1. The molecule has 2 atom stereocenters. The summed E-state index contributed by atoms with van der Waals surface area (Å²) >= 11 is 1.58. The highest BCUT2D eigenvalue weighted by molar-refractivity contribution is 7.10. The van der Waals surface area contributed by atoms with Crippen molar-refractivity contribution in [3.05, 3.63) is 69.4 Å². The summed E-state index contributed by atoms with van der Waals surface area (Å²) in [5, 5.41) is 18.9. The number of carbonyl (C=O) groups excluding carboxylic acids is 1. The van der Waals surface area contributed by atoms with Gasteiger partial charge >= 0.3 is 6.18 Å². The van der Waals surface area contributed by atoms with Crippen LogP contribution in [0, 0.1) is 12.5 Å². The molecule has 0 bridgehead atoms. The van der Waals surface area contributed by atoms with Gasteiger partial charge in [-0.05, 0) is 49.3 Å². The summed E-state index contributed by atoms with van der Waals surface area (Å²) in [4.78, 5) is 23.5. The van der Waals surface area contributed by atoms with E-state index in [1.807, 2.05) is 17.5 Å². The number of likely N-dealkylation sites (tertiary alicyclic amines) is 1. The molecule has 5 rings (SSSR count). The molecule has 0 aromatic carbocycles. The molecule has 1 saturated heterocycles. The first-order valence-electron chi connectivity index (χ1n) is 12.3. The molecule has 11 heteroatoms. The van der Waals surface area contributed by atoms with Gasteiger partial charge < -0.3 is 20.6 Å². The number of amides is 1. The second kappa shape index (κ2) is 10.1. The zero-order valence-corrected chi connectivity index (χ0v) is 20.9. The van der Waals surface area contributed by atoms with Crippen LogP contribution in [0.25, 0.3) is 4.85 Å². The first-order valence-corrected chi connectivity index (χ1v) is 13.2. The number of allylic oxidation sites excluding steroid dienone is 2.